The Labute approximate surface area is 98.8 Å². The fourth-order valence-corrected chi connectivity index (χ4v) is 1.92. The molecule has 1 aromatic rings. The van der Waals surface area contributed by atoms with Crippen LogP contribution in [0.15, 0.2) is 18.2 Å². The molecule has 0 aliphatic rings. The lowest BCUT2D eigenvalue weighted by Crippen LogP contribution is -2.15. The first-order valence-electron chi connectivity index (χ1n) is 5.98. The van der Waals surface area contributed by atoms with Gasteiger partial charge in [-0.25, -0.2) is 0 Å². The van der Waals surface area contributed by atoms with Crippen molar-refractivity contribution in [3.05, 3.63) is 29.3 Å². The van der Waals surface area contributed by atoms with Gasteiger partial charge in [0.2, 0.25) is 0 Å². The van der Waals surface area contributed by atoms with Gasteiger partial charge < -0.3 is 10.5 Å². The van der Waals surface area contributed by atoms with Crippen molar-refractivity contribution in [3.8, 4) is 5.75 Å². The first-order chi connectivity index (χ1) is 7.58. The Kier molecular flexibility index (Phi) is 4.81. The zero-order valence-corrected chi connectivity index (χ0v) is 10.8. The molecule has 16 heavy (non-hydrogen) atoms. The van der Waals surface area contributed by atoms with Crippen LogP contribution >= 0.6 is 0 Å². The molecule has 90 valence electrons. The van der Waals surface area contributed by atoms with Crippen molar-refractivity contribution in [1.82, 2.24) is 0 Å². The molecule has 2 nitrogen and oxygen atoms in total. The lowest BCUT2D eigenvalue weighted by molar-refractivity contribution is 0.413. The Hall–Kier alpha value is -1.02. The summed E-state index contributed by atoms with van der Waals surface area (Å²) >= 11 is 0. The second-order valence-corrected chi connectivity index (χ2v) is 4.58. The molecule has 2 N–H and O–H groups in total. The summed E-state index contributed by atoms with van der Waals surface area (Å²) in [6, 6.07) is 6.26. The molecule has 2 atom stereocenters. The molecular formula is C14H23NO. The number of hydrogen-bond acceptors (Lipinski definition) is 2. The SMILES string of the molecule is CCC(C)CC(N)c1ccc(OC)cc1C. The molecule has 0 aliphatic carbocycles. The van der Waals surface area contributed by atoms with Gasteiger partial charge in [-0.15, -0.1) is 0 Å². The first kappa shape index (κ1) is 13.0. The lowest BCUT2D eigenvalue weighted by atomic mass is 9.92. The van der Waals surface area contributed by atoms with Gasteiger partial charge in [0, 0.05) is 6.04 Å². The van der Waals surface area contributed by atoms with Crippen LogP contribution in [0.2, 0.25) is 0 Å². The smallest absolute Gasteiger partial charge is 0.119 e. The summed E-state index contributed by atoms with van der Waals surface area (Å²) < 4.78 is 5.19. The van der Waals surface area contributed by atoms with Gasteiger partial charge in [-0.1, -0.05) is 26.3 Å². The van der Waals surface area contributed by atoms with Crippen LogP contribution in [0, 0.1) is 12.8 Å². The van der Waals surface area contributed by atoms with Gasteiger partial charge in [-0.3, -0.25) is 0 Å². The molecular weight excluding hydrogens is 198 g/mol. The minimum atomic E-state index is 0.140. The van der Waals surface area contributed by atoms with Gasteiger partial charge in [0.05, 0.1) is 7.11 Å². The number of ether oxygens (including phenoxy) is 1. The van der Waals surface area contributed by atoms with Crippen LogP contribution in [0.1, 0.15) is 43.9 Å². The van der Waals surface area contributed by atoms with Crippen molar-refractivity contribution in [2.24, 2.45) is 11.7 Å². The summed E-state index contributed by atoms with van der Waals surface area (Å²) in [4.78, 5) is 0. The van der Waals surface area contributed by atoms with Crippen molar-refractivity contribution in [3.63, 3.8) is 0 Å². The molecule has 1 rings (SSSR count). The molecule has 0 aliphatic heterocycles. The fourth-order valence-electron chi connectivity index (χ4n) is 1.92. The van der Waals surface area contributed by atoms with E-state index in [1.165, 1.54) is 17.5 Å². The maximum absolute atomic E-state index is 6.22. The highest BCUT2D eigenvalue weighted by molar-refractivity contribution is 5.36. The van der Waals surface area contributed by atoms with Gasteiger partial charge in [0.25, 0.3) is 0 Å². The molecule has 0 aromatic heterocycles. The summed E-state index contributed by atoms with van der Waals surface area (Å²) in [6.07, 6.45) is 2.23. The maximum atomic E-state index is 6.22. The standard InChI is InChI=1S/C14H23NO/c1-5-10(2)8-14(15)13-7-6-12(16-4)9-11(13)3/h6-7,9-10,14H,5,8,15H2,1-4H3. The minimum absolute atomic E-state index is 0.140. The number of rotatable bonds is 5. The lowest BCUT2D eigenvalue weighted by Gasteiger charge is -2.18. The third kappa shape index (κ3) is 3.24. The molecule has 0 spiro atoms. The molecule has 2 unspecified atom stereocenters. The number of methoxy groups -OCH3 is 1. The summed E-state index contributed by atoms with van der Waals surface area (Å²) in [6.45, 7) is 6.55. The zero-order chi connectivity index (χ0) is 12.1. The Bertz CT molecular complexity index is 336. The van der Waals surface area contributed by atoms with E-state index in [4.69, 9.17) is 10.5 Å². The number of benzene rings is 1. The van der Waals surface area contributed by atoms with Crippen LogP contribution in [-0.2, 0) is 0 Å². The highest BCUT2D eigenvalue weighted by Gasteiger charge is 2.12. The van der Waals surface area contributed by atoms with Crippen molar-refractivity contribution in [2.45, 2.75) is 39.7 Å². The van der Waals surface area contributed by atoms with Crippen LogP contribution in [-0.4, -0.2) is 7.11 Å². The molecule has 0 saturated heterocycles. The first-order valence-corrected chi connectivity index (χ1v) is 5.98. The van der Waals surface area contributed by atoms with Gasteiger partial charge in [0.15, 0.2) is 0 Å². The molecule has 2 heteroatoms. The van der Waals surface area contributed by atoms with E-state index in [1.807, 2.05) is 12.1 Å². The second-order valence-electron chi connectivity index (χ2n) is 4.58. The molecule has 0 bridgehead atoms. The predicted molar refractivity (Wildman–Crippen MR) is 68.7 cm³/mol. The van der Waals surface area contributed by atoms with E-state index in [0.717, 1.165) is 12.2 Å². The van der Waals surface area contributed by atoms with Crippen molar-refractivity contribution in [2.75, 3.05) is 7.11 Å². The summed E-state index contributed by atoms with van der Waals surface area (Å²) in [5.41, 5.74) is 8.68. The van der Waals surface area contributed by atoms with E-state index in [1.54, 1.807) is 7.11 Å². The van der Waals surface area contributed by atoms with Gasteiger partial charge in [0.1, 0.15) is 5.75 Å². The van der Waals surface area contributed by atoms with Gasteiger partial charge in [-0.05, 0) is 42.5 Å². The third-order valence-corrected chi connectivity index (χ3v) is 3.23. The van der Waals surface area contributed by atoms with E-state index >= 15 is 0 Å². The van der Waals surface area contributed by atoms with E-state index in [2.05, 4.69) is 26.8 Å². The van der Waals surface area contributed by atoms with Crippen LogP contribution in [0.5, 0.6) is 5.75 Å². The quantitative estimate of drug-likeness (QED) is 0.826. The predicted octanol–water partition coefficient (Wildman–Crippen LogP) is 3.44. The summed E-state index contributed by atoms with van der Waals surface area (Å²) in [5.74, 6) is 1.58. The molecule has 0 radical (unpaired) electrons. The highest BCUT2D eigenvalue weighted by Crippen LogP contribution is 2.26. The van der Waals surface area contributed by atoms with E-state index < -0.39 is 0 Å². The number of aryl methyl sites for hydroxylation is 1. The van der Waals surface area contributed by atoms with Crippen molar-refractivity contribution in [1.29, 1.82) is 0 Å². The topological polar surface area (TPSA) is 35.2 Å². The highest BCUT2D eigenvalue weighted by atomic mass is 16.5. The van der Waals surface area contributed by atoms with E-state index in [9.17, 15) is 0 Å². The fraction of sp³-hybridized carbons (Fsp3) is 0.571. The Morgan fingerprint density at radius 2 is 2.06 bits per heavy atom. The Morgan fingerprint density at radius 1 is 1.38 bits per heavy atom. The van der Waals surface area contributed by atoms with E-state index in [0.29, 0.717) is 5.92 Å². The number of hydrogen-bond donors (Lipinski definition) is 1. The second kappa shape index (κ2) is 5.90. The Morgan fingerprint density at radius 3 is 2.56 bits per heavy atom. The van der Waals surface area contributed by atoms with Crippen LogP contribution in [0.4, 0.5) is 0 Å². The summed E-state index contributed by atoms with van der Waals surface area (Å²) in [5, 5.41) is 0. The van der Waals surface area contributed by atoms with Crippen molar-refractivity contribution < 1.29 is 4.74 Å². The number of nitrogens with two attached hydrogens (primary N) is 1. The molecule has 0 fully saturated rings. The zero-order valence-electron chi connectivity index (χ0n) is 10.8. The van der Waals surface area contributed by atoms with Gasteiger partial charge in [-0.2, -0.15) is 0 Å². The molecule has 0 saturated carbocycles. The largest absolute Gasteiger partial charge is 0.497 e. The van der Waals surface area contributed by atoms with Crippen LogP contribution in [0.3, 0.4) is 0 Å². The van der Waals surface area contributed by atoms with Crippen LogP contribution in [0.25, 0.3) is 0 Å². The van der Waals surface area contributed by atoms with Gasteiger partial charge >= 0.3 is 0 Å². The maximum Gasteiger partial charge on any atom is 0.119 e. The average molecular weight is 221 g/mol. The minimum Gasteiger partial charge on any atom is -0.497 e. The monoisotopic (exact) mass is 221 g/mol. The average Bonchev–Trinajstić information content (AvgIpc) is 2.28. The molecule has 1 aromatic carbocycles. The summed E-state index contributed by atoms with van der Waals surface area (Å²) in [7, 11) is 1.69. The molecule has 0 heterocycles. The molecule has 0 amide bonds. The van der Waals surface area contributed by atoms with E-state index in [-0.39, 0.29) is 6.04 Å². The Balaban J connectivity index is 2.79. The third-order valence-electron chi connectivity index (χ3n) is 3.23. The van der Waals surface area contributed by atoms with Crippen LogP contribution < -0.4 is 10.5 Å². The normalized spacial score (nSPS) is 14.6. The van der Waals surface area contributed by atoms with Crippen molar-refractivity contribution >= 4 is 0 Å².